The summed E-state index contributed by atoms with van der Waals surface area (Å²) in [6, 6.07) is 0. The van der Waals surface area contributed by atoms with Gasteiger partial charge in [-0.15, -0.1) is 16.8 Å². The van der Waals surface area contributed by atoms with Gasteiger partial charge in [0.1, 0.15) is 0 Å². The molecule has 0 fully saturated rings. The topological polar surface area (TPSA) is 69.2 Å². The first-order chi connectivity index (χ1) is 8.91. The molecule has 0 saturated heterocycles. The van der Waals surface area contributed by atoms with Gasteiger partial charge in [-0.1, -0.05) is 62.3 Å². The Labute approximate surface area is 147 Å². The van der Waals surface area contributed by atoms with E-state index in [0.29, 0.717) is 0 Å². The minimum absolute atomic E-state index is 0.750. The third-order valence-corrected chi connectivity index (χ3v) is 1.79. The minimum atomic E-state index is -0.750. The zero-order chi connectivity index (χ0) is 18.3. The Bertz CT molecular complexity index is 135. The molecule has 0 atom stereocenters. The van der Waals surface area contributed by atoms with Gasteiger partial charge in [-0.3, -0.25) is 0 Å². The van der Waals surface area contributed by atoms with Crippen LogP contribution in [-0.4, -0.2) is 39.3 Å². The summed E-state index contributed by atoms with van der Waals surface area (Å²) in [6.07, 6.45) is 4.26. The Balaban J connectivity index is -0.0000000921. The monoisotopic (exact) mass is 410 g/mol. The van der Waals surface area contributed by atoms with E-state index in [-0.39, 0.29) is 0 Å². The van der Waals surface area contributed by atoms with Crippen LogP contribution in [0.25, 0.3) is 0 Å². The van der Waals surface area contributed by atoms with Crippen molar-refractivity contribution in [3.8, 4) is 0 Å². The molecular formula is C17H38O3Sn. The molecular weight excluding hydrogens is 371 g/mol. The zero-order valence-corrected chi connectivity index (χ0v) is 18.9. The first-order valence-corrected chi connectivity index (χ1v) is 9.69. The van der Waals surface area contributed by atoms with Crippen LogP contribution in [0.2, 0.25) is 4.44 Å². The third-order valence-electron chi connectivity index (χ3n) is 0.780. The van der Waals surface area contributed by atoms with E-state index in [0.717, 1.165) is 0 Å². The molecule has 0 aromatic heterocycles. The fourth-order valence-electron chi connectivity index (χ4n) is 0.375. The Hall–Kier alpha value is 0.679. The van der Waals surface area contributed by atoms with Crippen molar-refractivity contribution >= 4 is 22.5 Å². The van der Waals surface area contributed by atoms with Gasteiger partial charge in [-0.05, 0) is 0 Å². The van der Waals surface area contributed by atoms with Crippen LogP contribution in [0.15, 0.2) is 0 Å². The van der Waals surface area contributed by atoms with Crippen molar-refractivity contribution in [3.63, 3.8) is 0 Å². The molecule has 0 N–H and O–H groups in total. The van der Waals surface area contributed by atoms with E-state index in [1.807, 2.05) is 0 Å². The fourth-order valence-corrected chi connectivity index (χ4v) is 1.09. The molecule has 21 heavy (non-hydrogen) atoms. The summed E-state index contributed by atoms with van der Waals surface area (Å²) in [5, 5.41) is 30.3. The summed E-state index contributed by atoms with van der Waals surface area (Å²) in [6.45, 7) is 16.9. The van der Waals surface area contributed by atoms with Gasteiger partial charge in [0, 0.05) is 0 Å². The van der Waals surface area contributed by atoms with Gasteiger partial charge in [-0.25, -0.2) is 0 Å². The first-order valence-electron chi connectivity index (χ1n) is 7.67. The molecule has 0 bridgehead atoms. The molecule has 0 aromatic carbocycles. The number of rotatable bonds is 3. The van der Waals surface area contributed by atoms with Gasteiger partial charge < -0.3 is 15.3 Å². The van der Waals surface area contributed by atoms with Crippen LogP contribution in [0.1, 0.15) is 88.5 Å². The van der Waals surface area contributed by atoms with Crippen LogP contribution >= 0.6 is 0 Å². The van der Waals surface area contributed by atoms with E-state index in [9.17, 15) is 15.3 Å². The molecule has 0 amide bonds. The molecule has 0 aromatic rings. The molecule has 0 aliphatic heterocycles. The summed E-state index contributed by atoms with van der Waals surface area (Å²) in [5.74, 6) is 0. The van der Waals surface area contributed by atoms with Crippen LogP contribution in [0.3, 0.4) is 0 Å². The van der Waals surface area contributed by atoms with E-state index < -0.39 is 16.8 Å². The molecule has 0 heterocycles. The van der Waals surface area contributed by atoms with Crippen molar-refractivity contribution < 1.29 is 15.3 Å². The van der Waals surface area contributed by atoms with E-state index in [2.05, 4.69) is 6.92 Å². The van der Waals surface area contributed by atoms with Gasteiger partial charge in [0.2, 0.25) is 0 Å². The summed E-state index contributed by atoms with van der Waals surface area (Å²) in [7, 11) is 0. The van der Waals surface area contributed by atoms with Gasteiger partial charge in [0.25, 0.3) is 0 Å². The van der Waals surface area contributed by atoms with Gasteiger partial charge in [0.05, 0.1) is 0 Å². The molecule has 3 nitrogen and oxygen atoms in total. The summed E-state index contributed by atoms with van der Waals surface area (Å²) < 4.78 is 1.44. The molecule has 0 radical (unpaired) electrons. The molecule has 0 aliphatic carbocycles. The molecule has 128 valence electrons. The Kier molecular flexibility index (Phi) is 22.0. The second kappa shape index (κ2) is 15.6. The second-order valence-corrected chi connectivity index (χ2v) is 9.22. The van der Waals surface area contributed by atoms with Crippen molar-refractivity contribution in [1.82, 2.24) is 0 Å². The van der Waals surface area contributed by atoms with Crippen molar-refractivity contribution in [2.45, 2.75) is 110 Å². The molecule has 0 rings (SSSR count). The predicted molar refractivity (Wildman–Crippen MR) is 89.3 cm³/mol. The van der Waals surface area contributed by atoms with Gasteiger partial charge in [-0.2, -0.15) is 0 Å². The molecule has 0 spiro atoms. The molecule has 0 aliphatic rings. The number of unbranched alkanes of at least 4 members (excludes halogenated alkanes) is 2. The zero-order valence-electron chi connectivity index (χ0n) is 16.1. The van der Waals surface area contributed by atoms with Crippen LogP contribution in [0, 0.1) is 0 Å². The SMILES string of the molecule is CC(C)(C)[O-].CC(C)(C)[O-].CC(C)(C)[O-].CCCC[CH2][Sn+3]. The molecule has 0 unspecified atom stereocenters. The fraction of sp³-hybridized carbons (Fsp3) is 1.00. The standard InChI is InChI=1S/C5H11.3C4H9O.Sn/c1-3-5-4-2;3*1-4(2,3)5;/h1,3-5H2,2H3;3*1-3H3;/q;3*-1;+3. The Morgan fingerprint density at radius 2 is 0.810 bits per heavy atom. The first kappa shape index (κ1) is 29.7. The van der Waals surface area contributed by atoms with Gasteiger partial charge >= 0.3 is 53.1 Å². The van der Waals surface area contributed by atoms with E-state index >= 15 is 0 Å². The summed E-state index contributed by atoms with van der Waals surface area (Å²) in [5.41, 5.74) is -2.25. The van der Waals surface area contributed by atoms with Crippen molar-refractivity contribution in [3.05, 3.63) is 0 Å². The molecule has 0 saturated carbocycles. The van der Waals surface area contributed by atoms with Crippen LogP contribution in [0.4, 0.5) is 0 Å². The predicted octanol–water partition coefficient (Wildman–Crippen LogP) is 2.20. The summed E-state index contributed by atoms with van der Waals surface area (Å²) in [4.78, 5) is 0. The van der Waals surface area contributed by atoms with Gasteiger partial charge in [0.15, 0.2) is 0 Å². The number of hydrogen-bond donors (Lipinski definition) is 0. The third kappa shape index (κ3) is 533. The average molecular weight is 409 g/mol. The molecule has 4 heteroatoms. The van der Waals surface area contributed by atoms with Crippen molar-refractivity contribution in [2.24, 2.45) is 0 Å². The average Bonchev–Trinajstić information content (AvgIpc) is 2.06. The maximum atomic E-state index is 10.1. The second-order valence-electron chi connectivity index (χ2n) is 7.79. The van der Waals surface area contributed by atoms with Crippen LogP contribution in [-0.2, 0) is 0 Å². The Morgan fingerprint density at radius 3 is 0.857 bits per heavy atom. The normalized spacial score (nSPS) is 11.2. The number of hydrogen-bond acceptors (Lipinski definition) is 3. The Morgan fingerprint density at radius 1 is 0.619 bits per heavy atom. The van der Waals surface area contributed by atoms with E-state index in [1.54, 1.807) is 84.8 Å². The van der Waals surface area contributed by atoms with E-state index in [1.165, 1.54) is 23.7 Å². The van der Waals surface area contributed by atoms with E-state index in [4.69, 9.17) is 0 Å². The quantitative estimate of drug-likeness (QED) is 0.530. The van der Waals surface area contributed by atoms with Crippen LogP contribution < -0.4 is 15.3 Å². The van der Waals surface area contributed by atoms with Crippen molar-refractivity contribution in [2.75, 3.05) is 0 Å². The van der Waals surface area contributed by atoms with Crippen molar-refractivity contribution in [1.29, 1.82) is 0 Å². The maximum absolute atomic E-state index is 10.1. The summed E-state index contributed by atoms with van der Waals surface area (Å²) >= 11 is 1.69. The van der Waals surface area contributed by atoms with Crippen LogP contribution in [0.5, 0.6) is 0 Å².